The van der Waals surface area contributed by atoms with E-state index in [1.807, 2.05) is 0 Å². The number of rotatable bonds is 5. The van der Waals surface area contributed by atoms with Crippen LogP contribution in [-0.2, 0) is 4.79 Å². The van der Waals surface area contributed by atoms with Gasteiger partial charge in [-0.1, -0.05) is 6.07 Å². The molecule has 1 atom stereocenters. The predicted octanol–water partition coefficient (Wildman–Crippen LogP) is 1.34. The first-order chi connectivity index (χ1) is 11.0. The van der Waals surface area contributed by atoms with E-state index in [-0.39, 0.29) is 5.92 Å². The summed E-state index contributed by atoms with van der Waals surface area (Å²) >= 11 is 0. The summed E-state index contributed by atoms with van der Waals surface area (Å²) in [6, 6.07) is 5.17. The number of hydrogen-bond acceptors (Lipinski definition) is 5. The first-order valence-corrected chi connectivity index (χ1v) is 7.79. The number of fused-ring (bicyclic) bond motifs is 1. The highest BCUT2D eigenvalue weighted by atomic mass is 16.4. The maximum Gasteiger partial charge on any atom is 0.417 e. The van der Waals surface area contributed by atoms with Crippen LogP contribution in [0.1, 0.15) is 30.9 Å². The first-order valence-electron chi connectivity index (χ1n) is 7.79. The molecule has 1 aliphatic heterocycles. The molecule has 0 radical (unpaired) electrons. The molecular weight excluding hydrogens is 300 g/mol. The molecule has 2 aromatic rings. The highest BCUT2D eigenvalue weighted by Gasteiger charge is 2.24. The van der Waals surface area contributed by atoms with Gasteiger partial charge in [0, 0.05) is 6.54 Å². The number of nitrogens with zero attached hydrogens (tertiary/aromatic N) is 1. The van der Waals surface area contributed by atoms with Crippen molar-refractivity contribution in [1.29, 1.82) is 0 Å². The zero-order valence-corrected chi connectivity index (χ0v) is 12.7. The fourth-order valence-corrected chi connectivity index (χ4v) is 3.04. The van der Waals surface area contributed by atoms with Gasteiger partial charge in [0.1, 0.15) is 0 Å². The molecule has 7 heteroatoms. The molecule has 23 heavy (non-hydrogen) atoms. The lowest BCUT2D eigenvalue weighted by Gasteiger charge is -2.30. The number of aliphatic carboxylic acids is 1. The first kappa shape index (κ1) is 15.8. The fraction of sp³-hybridized carbons (Fsp3) is 0.500. The monoisotopic (exact) mass is 320 g/mol. The molecule has 2 heterocycles. The summed E-state index contributed by atoms with van der Waals surface area (Å²) < 4.78 is 5.00. The van der Waals surface area contributed by atoms with E-state index < -0.39 is 17.8 Å². The average molecular weight is 320 g/mol. The lowest BCUT2D eigenvalue weighted by molar-refractivity contribution is -0.143. The number of aromatic nitrogens is 1. The van der Waals surface area contributed by atoms with E-state index in [0.29, 0.717) is 42.5 Å². The van der Waals surface area contributed by atoms with Crippen LogP contribution in [0, 0.1) is 5.92 Å². The van der Waals surface area contributed by atoms with Crippen molar-refractivity contribution in [2.45, 2.75) is 25.4 Å². The SMILES string of the molecule is O=C(O)C1CCN(CCC(O)c2ccc3[nH]c(=O)oc3c2)CC1. The van der Waals surface area contributed by atoms with Crippen molar-refractivity contribution in [1.82, 2.24) is 9.88 Å². The Bertz CT molecular complexity index is 742. The molecular formula is C16H20N2O5. The van der Waals surface area contributed by atoms with Gasteiger partial charge in [0.05, 0.1) is 17.5 Å². The van der Waals surface area contributed by atoms with Gasteiger partial charge in [-0.15, -0.1) is 0 Å². The molecule has 3 N–H and O–H groups in total. The van der Waals surface area contributed by atoms with Gasteiger partial charge in [-0.05, 0) is 50.0 Å². The number of H-pyrrole nitrogens is 1. The lowest BCUT2D eigenvalue weighted by atomic mass is 9.96. The van der Waals surface area contributed by atoms with Crippen molar-refractivity contribution >= 4 is 17.1 Å². The van der Waals surface area contributed by atoms with Gasteiger partial charge < -0.3 is 19.5 Å². The van der Waals surface area contributed by atoms with Crippen molar-refractivity contribution in [2.24, 2.45) is 5.92 Å². The molecule has 124 valence electrons. The largest absolute Gasteiger partial charge is 0.481 e. The summed E-state index contributed by atoms with van der Waals surface area (Å²) in [6.45, 7) is 2.20. The Hall–Kier alpha value is -2.12. The molecule has 1 aromatic carbocycles. The maximum atomic E-state index is 11.1. The molecule has 0 aliphatic carbocycles. The highest BCUT2D eigenvalue weighted by Crippen LogP contribution is 2.23. The van der Waals surface area contributed by atoms with E-state index in [4.69, 9.17) is 9.52 Å². The zero-order chi connectivity index (χ0) is 16.4. The third-order valence-corrected chi connectivity index (χ3v) is 4.49. The van der Waals surface area contributed by atoms with E-state index in [9.17, 15) is 14.7 Å². The van der Waals surface area contributed by atoms with Crippen LogP contribution in [0.5, 0.6) is 0 Å². The number of benzene rings is 1. The molecule has 1 fully saturated rings. The van der Waals surface area contributed by atoms with Crippen LogP contribution in [0.4, 0.5) is 0 Å². The molecule has 0 bridgehead atoms. The number of carboxylic acid groups (broad SMARTS) is 1. The second kappa shape index (κ2) is 6.55. The highest BCUT2D eigenvalue weighted by molar-refractivity contribution is 5.72. The van der Waals surface area contributed by atoms with Gasteiger partial charge >= 0.3 is 11.7 Å². The topological polar surface area (TPSA) is 107 Å². The summed E-state index contributed by atoms with van der Waals surface area (Å²) in [5, 5.41) is 19.3. The average Bonchev–Trinajstić information content (AvgIpc) is 2.92. The number of likely N-dealkylation sites (tertiary alicyclic amines) is 1. The van der Waals surface area contributed by atoms with E-state index in [0.717, 1.165) is 13.1 Å². The lowest BCUT2D eigenvalue weighted by Crippen LogP contribution is -2.37. The van der Waals surface area contributed by atoms with Gasteiger partial charge in [-0.3, -0.25) is 9.78 Å². The molecule has 0 amide bonds. The quantitative estimate of drug-likeness (QED) is 0.767. The van der Waals surface area contributed by atoms with Crippen molar-refractivity contribution in [3.8, 4) is 0 Å². The van der Waals surface area contributed by atoms with Crippen LogP contribution in [0.2, 0.25) is 0 Å². The van der Waals surface area contributed by atoms with Crippen LogP contribution in [0.3, 0.4) is 0 Å². The van der Waals surface area contributed by atoms with Crippen molar-refractivity contribution in [2.75, 3.05) is 19.6 Å². The summed E-state index contributed by atoms with van der Waals surface area (Å²) in [7, 11) is 0. The second-order valence-electron chi connectivity index (χ2n) is 6.03. The number of piperidine rings is 1. The summed E-state index contributed by atoms with van der Waals surface area (Å²) in [5.74, 6) is -1.46. The Balaban J connectivity index is 1.55. The van der Waals surface area contributed by atoms with Gasteiger partial charge in [0.25, 0.3) is 0 Å². The molecule has 0 saturated carbocycles. The molecule has 0 spiro atoms. The van der Waals surface area contributed by atoms with Crippen LogP contribution in [0.25, 0.3) is 11.1 Å². The van der Waals surface area contributed by atoms with Gasteiger partial charge in [0.15, 0.2) is 5.58 Å². The summed E-state index contributed by atoms with van der Waals surface area (Å²) in [6.07, 6.45) is 1.23. The summed E-state index contributed by atoms with van der Waals surface area (Å²) in [5.41, 5.74) is 1.76. The standard InChI is InChI=1S/C16H20N2O5/c19-13(5-8-18-6-3-10(4-7-18)15(20)21)11-1-2-12-14(9-11)23-16(22)17-12/h1-2,9-10,13,19H,3-8H2,(H,17,22)(H,20,21). The second-order valence-corrected chi connectivity index (χ2v) is 6.03. The number of oxazole rings is 1. The minimum Gasteiger partial charge on any atom is -0.481 e. The fourth-order valence-electron chi connectivity index (χ4n) is 3.04. The Kier molecular flexibility index (Phi) is 4.49. The third-order valence-electron chi connectivity index (χ3n) is 4.49. The van der Waals surface area contributed by atoms with Crippen LogP contribution >= 0.6 is 0 Å². The van der Waals surface area contributed by atoms with Crippen molar-refractivity contribution in [3.05, 3.63) is 34.3 Å². The number of carboxylic acids is 1. The number of aliphatic hydroxyl groups is 1. The van der Waals surface area contributed by atoms with E-state index >= 15 is 0 Å². The third kappa shape index (κ3) is 3.62. The Labute approximate surface area is 132 Å². The van der Waals surface area contributed by atoms with Crippen LogP contribution < -0.4 is 5.76 Å². The molecule has 3 rings (SSSR count). The molecule has 1 aromatic heterocycles. The summed E-state index contributed by atoms with van der Waals surface area (Å²) in [4.78, 5) is 26.8. The van der Waals surface area contributed by atoms with E-state index in [1.54, 1.807) is 18.2 Å². The molecule has 1 unspecified atom stereocenters. The van der Waals surface area contributed by atoms with Crippen LogP contribution in [-0.4, -0.2) is 45.7 Å². The van der Waals surface area contributed by atoms with E-state index in [2.05, 4.69) is 9.88 Å². The minimum absolute atomic E-state index is 0.241. The van der Waals surface area contributed by atoms with Gasteiger partial charge in [-0.25, -0.2) is 4.79 Å². The normalized spacial score (nSPS) is 18.3. The predicted molar refractivity (Wildman–Crippen MR) is 83.2 cm³/mol. The number of hydrogen-bond donors (Lipinski definition) is 3. The minimum atomic E-state index is -0.717. The number of aromatic amines is 1. The maximum absolute atomic E-state index is 11.1. The van der Waals surface area contributed by atoms with E-state index in [1.165, 1.54) is 0 Å². The Morgan fingerprint density at radius 3 is 2.83 bits per heavy atom. The van der Waals surface area contributed by atoms with Gasteiger partial charge in [-0.2, -0.15) is 0 Å². The Morgan fingerprint density at radius 2 is 2.13 bits per heavy atom. The molecule has 7 nitrogen and oxygen atoms in total. The van der Waals surface area contributed by atoms with Crippen molar-refractivity contribution < 1.29 is 19.4 Å². The number of nitrogens with one attached hydrogen (secondary N) is 1. The zero-order valence-electron chi connectivity index (χ0n) is 12.7. The Morgan fingerprint density at radius 1 is 1.39 bits per heavy atom. The van der Waals surface area contributed by atoms with Crippen molar-refractivity contribution in [3.63, 3.8) is 0 Å². The van der Waals surface area contributed by atoms with Gasteiger partial charge in [0.2, 0.25) is 0 Å². The molecule has 1 aliphatic rings. The number of carbonyl (C=O) groups is 1. The van der Waals surface area contributed by atoms with Crippen LogP contribution in [0.15, 0.2) is 27.4 Å². The molecule has 1 saturated heterocycles. The smallest absolute Gasteiger partial charge is 0.417 e. The number of aliphatic hydroxyl groups excluding tert-OH is 1.